The van der Waals surface area contributed by atoms with Gasteiger partial charge in [0.2, 0.25) is 5.88 Å². The predicted octanol–water partition coefficient (Wildman–Crippen LogP) is 6.85. The molecule has 34 heavy (non-hydrogen) atoms. The van der Waals surface area contributed by atoms with Crippen molar-refractivity contribution in [2.24, 2.45) is 0 Å². The van der Waals surface area contributed by atoms with E-state index in [0.717, 1.165) is 64.5 Å². The summed E-state index contributed by atoms with van der Waals surface area (Å²) in [6, 6.07) is 16.5. The van der Waals surface area contributed by atoms with E-state index in [-0.39, 0.29) is 0 Å². The van der Waals surface area contributed by atoms with E-state index in [4.69, 9.17) is 14.5 Å². The number of carbonyl (C=O) groups excluding carboxylic acids is 1. The summed E-state index contributed by atoms with van der Waals surface area (Å²) in [6.07, 6.45) is 4.78. The Hall–Kier alpha value is -2.44. The van der Waals surface area contributed by atoms with Crippen molar-refractivity contribution in [2.75, 3.05) is 24.4 Å². The maximum atomic E-state index is 10.9. The highest BCUT2D eigenvalue weighted by atomic mass is 32.2. The van der Waals surface area contributed by atoms with Gasteiger partial charge >= 0.3 is 0 Å². The van der Waals surface area contributed by atoms with Crippen molar-refractivity contribution in [3.8, 4) is 22.9 Å². The molecule has 1 aromatic heterocycles. The summed E-state index contributed by atoms with van der Waals surface area (Å²) in [4.78, 5) is 17.0. The molecule has 4 rings (SSSR count). The minimum Gasteiger partial charge on any atom is -0.494 e. The summed E-state index contributed by atoms with van der Waals surface area (Å²) in [6.45, 7) is 5.40. The molecule has 0 saturated carbocycles. The highest BCUT2D eigenvalue weighted by Gasteiger charge is 2.23. The lowest BCUT2D eigenvalue weighted by atomic mass is 9.97. The van der Waals surface area contributed by atoms with Gasteiger partial charge in [-0.3, -0.25) is 0 Å². The zero-order valence-corrected chi connectivity index (χ0v) is 21.6. The number of fused-ring (bicyclic) bond motifs is 1. The molecular weight excluding hydrogens is 462 g/mol. The number of hydrogen-bond acceptors (Lipinski definition) is 6. The van der Waals surface area contributed by atoms with Crippen molar-refractivity contribution in [2.45, 2.75) is 44.1 Å². The molecule has 0 fully saturated rings. The van der Waals surface area contributed by atoms with Crippen molar-refractivity contribution in [1.29, 1.82) is 0 Å². The van der Waals surface area contributed by atoms with Crippen LogP contribution >= 0.6 is 23.5 Å². The highest BCUT2D eigenvalue weighted by Crippen LogP contribution is 2.41. The van der Waals surface area contributed by atoms with Crippen LogP contribution in [-0.4, -0.2) is 35.6 Å². The SMILES string of the molecule is CSCCCOc1cc(C)c(-c2cccc(OCc3ccc4c(c3)SCC4CC=O)n2)c(C)c1. The van der Waals surface area contributed by atoms with Crippen LogP contribution in [0.3, 0.4) is 0 Å². The Morgan fingerprint density at radius 3 is 2.71 bits per heavy atom. The summed E-state index contributed by atoms with van der Waals surface area (Å²) in [7, 11) is 0. The number of aldehydes is 1. The van der Waals surface area contributed by atoms with Gasteiger partial charge in [0.1, 0.15) is 18.6 Å². The third-order valence-corrected chi connectivity index (χ3v) is 7.90. The normalized spacial score (nSPS) is 14.6. The van der Waals surface area contributed by atoms with Crippen LogP contribution in [0.2, 0.25) is 0 Å². The Morgan fingerprint density at radius 1 is 1.12 bits per heavy atom. The third-order valence-electron chi connectivity index (χ3n) is 5.97. The molecule has 2 aromatic carbocycles. The van der Waals surface area contributed by atoms with Crippen LogP contribution in [-0.2, 0) is 11.4 Å². The molecule has 2 heterocycles. The van der Waals surface area contributed by atoms with E-state index in [2.05, 4.69) is 50.4 Å². The number of thioether (sulfide) groups is 2. The van der Waals surface area contributed by atoms with E-state index in [1.54, 1.807) is 0 Å². The van der Waals surface area contributed by atoms with Gasteiger partial charge in [0.25, 0.3) is 0 Å². The van der Waals surface area contributed by atoms with Crippen LogP contribution in [0.25, 0.3) is 11.3 Å². The Balaban J connectivity index is 1.44. The zero-order chi connectivity index (χ0) is 23.9. The summed E-state index contributed by atoms with van der Waals surface area (Å²) >= 11 is 3.66. The number of rotatable bonds is 11. The van der Waals surface area contributed by atoms with Gasteiger partial charge < -0.3 is 14.3 Å². The van der Waals surface area contributed by atoms with Gasteiger partial charge in [0, 0.05) is 34.6 Å². The summed E-state index contributed by atoms with van der Waals surface area (Å²) in [5, 5.41) is 0. The number of pyridine rings is 1. The van der Waals surface area contributed by atoms with Crippen molar-refractivity contribution in [3.05, 3.63) is 70.8 Å². The Labute approximate surface area is 210 Å². The molecule has 1 aliphatic rings. The lowest BCUT2D eigenvalue weighted by molar-refractivity contribution is -0.108. The standard InChI is InChI=1S/C28H31NO3S2/c1-19-14-23(31-12-5-13-33-3)15-20(2)28(19)25-6-4-7-27(29-25)32-17-21-8-9-24-22(10-11-30)18-34-26(24)16-21/h4,6-9,11,14-16,22H,5,10,12-13,17-18H2,1-3H3. The summed E-state index contributed by atoms with van der Waals surface area (Å²) < 4.78 is 12.0. The van der Waals surface area contributed by atoms with Crippen molar-refractivity contribution < 1.29 is 14.3 Å². The molecule has 0 N–H and O–H groups in total. The molecular formula is C28H31NO3S2. The van der Waals surface area contributed by atoms with Gasteiger partial charge in [-0.25, -0.2) is 4.98 Å². The first-order valence-electron chi connectivity index (χ1n) is 11.6. The first-order valence-corrected chi connectivity index (χ1v) is 14.0. The van der Waals surface area contributed by atoms with Crippen LogP contribution in [0.4, 0.5) is 0 Å². The predicted molar refractivity (Wildman–Crippen MR) is 143 cm³/mol. The second kappa shape index (κ2) is 11.8. The monoisotopic (exact) mass is 493 g/mol. The van der Waals surface area contributed by atoms with E-state index in [1.165, 1.54) is 10.5 Å². The molecule has 0 spiro atoms. The number of nitrogens with zero attached hydrogens (tertiary/aromatic N) is 1. The number of ether oxygens (including phenoxy) is 2. The van der Waals surface area contributed by atoms with Crippen LogP contribution in [0.15, 0.2) is 53.4 Å². The number of aryl methyl sites for hydroxylation is 2. The van der Waals surface area contributed by atoms with E-state index < -0.39 is 0 Å². The minimum atomic E-state index is 0.337. The Morgan fingerprint density at radius 2 is 1.94 bits per heavy atom. The smallest absolute Gasteiger partial charge is 0.214 e. The fraction of sp³-hybridized carbons (Fsp3) is 0.357. The van der Waals surface area contributed by atoms with Crippen LogP contribution in [0.5, 0.6) is 11.6 Å². The Kier molecular flexibility index (Phi) is 8.57. The highest BCUT2D eigenvalue weighted by molar-refractivity contribution is 7.99. The van der Waals surface area contributed by atoms with Gasteiger partial charge in [0.05, 0.1) is 12.3 Å². The third kappa shape index (κ3) is 5.97. The summed E-state index contributed by atoms with van der Waals surface area (Å²) in [5.74, 6) is 3.95. The largest absolute Gasteiger partial charge is 0.494 e. The molecule has 0 radical (unpaired) electrons. The topological polar surface area (TPSA) is 48.4 Å². The zero-order valence-electron chi connectivity index (χ0n) is 20.0. The van der Waals surface area contributed by atoms with E-state index in [0.29, 0.717) is 24.8 Å². The van der Waals surface area contributed by atoms with Gasteiger partial charge in [-0.15, -0.1) is 11.8 Å². The van der Waals surface area contributed by atoms with Gasteiger partial charge in [-0.2, -0.15) is 11.8 Å². The average molecular weight is 494 g/mol. The molecule has 6 heteroatoms. The number of aromatic nitrogens is 1. The second-order valence-corrected chi connectivity index (χ2v) is 10.6. The molecule has 4 nitrogen and oxygen atoms in total. The quantitative estimate of drug-likeness (QED) is 0.215. The van der Waals surface area contributed by atoms with Crippen molar-refractivity contribution >= 4 is 29.8 Å². The molecule has 3 aromatic rings. The maximum absolute atomic E-state index is 10.9. The molecule has 0 amide bonds. The van der Waals surface area contributed by atoms with Gasteiger partial charge in [-0.1, -0.05) is 18.2 Å². The minimum absolute atomic E-state index is 0.337. The van der Waals surface area contributed by atoms with Crippen molar-refractivity contribution in [3.63, 3.8) is 0 Å². The van der Waals surface area contributed by atoms with Crippen LogP contribution in [0.1, 0.15) is 41.0 Å². The number of hydrogen-bond donors (Lipinski definition) is 0. The lowest BCUT2D eigenvalue weighted by Crippen LogP contribution is -2.02. The van der Waals surface area contributed by atoms with Crippen molar-refractivity contribution in [1.82, 2.24) is 4.98 Å². The molecule has 1 aliphatic heterocycles. The fourth-order valence-electron chi connectivity index (χ4n) is 4.32. The van der Waals surface area contributed by atoms with E-state index >= 15 is 0 Å². The molecule has 1 atom stereocenters. The molecule has 0 bridgehead atoms. The van der Waals surface area contributed by atoms with Gasteiger partial charge in [-0.05, 0) is 78.8 Å². The molecule has 178 valence electrons. The first kappa shape index (κ1) is 24.7. The number of carbonyl (C=O) groups is 1. The fourth-order valence-corrected chi connectivity index (χ4v) is 6.06. The van der Waals surface area contributed by atoms with Crippen LogP contribution < -0.4 is 9.47 Å². The molecule has 0 aliphatic carbocycles. The van der Waals surface area contributed by atoms with E-state index in [1.807, 2.05) is 41.7 Å². The molecule has 1 unspecified atom stereocenters. The second-order valence-electron chi connectivity index (χ2n) is 8.56. The average Bonchev–Trinajstić information content (AvgIpc) is 3.23. The van der Waals surface area contributed by atoms with E-state index in [9.17, 15) is 4.79 Å². The maximum Gasteiger partial charge on any atom is 0.214 e. The molecule has 0 saturated heterocycles. The van der Waals surface area contributed by atoms with Gasteiger partial charge in [0.15, 0.2) is 0 Å². The number of benzene rings is 2. The van der Waals surface area contributed by atoms with Crippen LogP contribution in [0, 0.1) is 13.8 Å². The Bertz CT molecular complexity index is 1130. The summed E-state index contributed by atoms with van der Waals surface area (Å²) in [5.41, 5.74) is 6.71. The lowest BCUT2D eigenvalue weighted by Gasteiger charge is -2.14. The first-order chi connectivity index (χ1) is 16.6.